The van der Waals surface area contributed by atoms with Crippen LogP contribution in [-0.2, 0) is 4.74 Å². The molecule has 5 nitrogen and oxygen atoms in total. The zero-order valence-corrected chi connectivity index (χ0v) is 15.4. The molecule has 1 fully saturated rings. The average Bonchev–Trinajstić information content (AvgIpc) is 3.28. The van der Waals surface area contributed by atoms with Crippen molar-refractivity contribution >= 4 is 11.9 Å². The van der Waals surface area contributed by atoms with Crippen LogP contribution in [0.15, 0.2) is 48.5 Å². The van der Waals surface area contributed by atoms with E-state index in [0.29, 0.717) is 16.9 Å². The van der Waals surface area contributed by atoms with Crippen molar-refractivity contribution in [3.05, 3.63) is 65.5 Å². The first kappa shape index (κ1) is 17.5. The van der Waals surface area contributed by atoms with E-state index in [1.54, 1.807) is 57.2 Å². The summed E-state index contributed by atoms with van der Waals surface area (Å²) in [5.74, 6) is -0.0691. The minimum atomic E-state index is -1.17. The number of halogens is 1. The predicted octanol–water partition coefficient (Wildman–Crippen LogP) is 4.13. The van der Waals surface area contributed by atoms with E-state index in [0.717, 1.165) is 0 Å². The molecule has 1 spiro atoms. The van der Waals surface area contributed by atoms with E-state index >= 15 is 0 Å². The van der Waals surface area contributed by atoms with Crippen LogP contribution in [0, 0.1) is 5.82 Å². The molecule has 6 heteroatoms. The summed E-state index contributed by atoms with van der Waals surface area (Å²) in [7, 11) is 0. The van der Waals surface area contributed by atoms with Crippen LogP contribution in [0.2, 0.25) is 0 Å². The molecule has 140 valence electrons. The van der Waals surface area contributed by atoms with Crippen LogP contribution in [0.4, 0.5) is 9.18 Å². The average molecular weight is 369 g/mol. The Bertz CT molecular complexity index is 919. The molecule has 2 aliphatic heterocycles. The van der Waals surface area contributed by atoms with Gasteiger partial charge in [-0.2, -0.15) is 0 Å². The maximum Gasteiger partial charge on any atom is 0.411 e. The second kappa shape index (κ2) is 5.81. The topological polar surface area (TPSA) is 55.6 Å². The molecule has 0 N–H and O–H groups in total. The van der Waals surface area contributed by atoms with Gasteiger partial charge in [-0.25, -0.2) is 9.18 Å². The van der Waals surface area contributed by atoms with E-state index in [2.05, 4.69) is 0 Å². The Labute approximate surface area is 156 Å². The number of para-hydroxylation sites is 1. The minimum Gasteiger partial charge on any atom is -0.490 e. The van der Waals surface area contributed by atoms with E-state index in [4.69, 9.17) is 9.47 Å². The molecule has 27 heavy (non-hydrogen) atoms. The Kier molecular flexibility index (Phi) is 3.77. The highest BCUT2D eigenvalue weighted by atomic mass is 19.1. The van der Waals surface area contributed by atoms with Gasteiger partial charge in [-0.15, -0.1) is 0 Å². The molecule has 4 rings (SSSR count). The van der Waals surface area contributed by atoms with Crippen molar-refractivity contribution in [1.29, 1.82) is 0 Å². The number of Topliss-reactive ketones (excluding diaryl/α,β-unsaturated/α-hetero) is 1. The Morgan fingerprint density at radius 2 is 1.85 bits per heavy atom. The molecule has 2 aromatic carbocycles. The van der Waals surface area contributed by atoms with Gasteiger partial charge in [-0.3, -0.25) is 9.69 Å². The van der Waals surface area contributed by atoms with Crippen LogP contribution >= 0.6 is 0 Å². The molecule has 0 bridgehead atoms. The third-order valence-corrected chi connectivity index (χ3v) is 4.82. The lowest BCUT2D eigenvalue weighted by Crippen LogP contribution is -2.42. The molecule has 0 aromatic heterocycles. The molecule has 2 atom stereocenters. The molecule has 1 saturated heterocycles. The first-order valence-electron chi connectivity index (χ1n) is 8.78. The summed E-state index contributed by atoms with van der Waals surface area (Å²) in [6, 6.07) is 12.2. The Balaban J connectivity index is 1.76. The standard InChI is InChI=1S/C21H20FNO4/c1-20(2,3)27-19(25)23-17(13-8-10-14(22)11-9-13)21(23)12-26-16-7-5-4-6-15(16)18(21)24/h4-11,17H,12H2,1-3H3/t17-,21+,23?/m1/s1. The summed E-state index contributed by atoms with van der Waals surface area (Å²) in [4.78, 5) is 27.6. The third kappa shape index (κ3) is 2.76. The molecule has 2 aromatic rings. The Morgan fingerprint density at radius 1 is 1.19 bits per heavy atom. The van der Waals surface area contributed by atoms with Gasteiger partial charge >= 0.3 is 6.09 Å². The second-order valence-corrected chi connectivity index (χ2v) is 7.84. The van der Waals surface area contributed by atoms with Gasteiger partial charge in [0, 0.05) is 0 Å². The number of ether oxygens (including phenoxy) is 2. The quantitative estimate of drug-likeness (QED) is 0.709. The number of carbonyl (C=O) groups is 2. The molecule has 0 aliphatic carbocycles. The van der Waals surface area contributed by atoms with Crippen molar-refractivity contribution in [3.8, 4) is 5.75 Å². The molecule has 1 amide bonds. The van der Waals surface area contributed by atoms with Crippen molar-refractivity contribution in [2.75, 3.05) is 6.61 Å². The first-order chi connectivity index (χ1) is 12.7. The van der Waals surface area contributed by atoms with Gasteiger partial charge < -0.3 is 9.47 Å². The van der Waals surface area contributed by atoms with Crippen LogP contribution in [0.3, 0.4) is 0 Å². The Morgan fingerprint density at radius 3 is 2.52 bits per heavy atom. The van der Waals surface area contributed by atoms with Gasteiger partial charge in [0.25, 0.3) is 0 Å². The fraction of sp³-hybridized carbons (Fsp3) is 0.333. The number of nitrogens with zero attached hydrogens (tertiary/aromatic N) is 1. The number of hydrogen-bond donors (Lipinski definition) is 0. The highest BCUT2D eigenvalue weighted by molar-refractivity contribution is 6.11. The van der Waals surface area contributed by atoms with Gasteiger partial charge in [0.1, 0.15) is 23.8 Å². The fourth-order valence-electron chi connectivity index (χ4n) is 3.63. The lowest BCUT2D eigenvalue weighted by molar-refractivity contribution is 0.0334. The van der Waals surface area contributed by atoms with Crippen LogP contribution < -0.4 is 4.74 Å². The number of rotatable bonds is 1. The lowest BCUT2D eigenvalue weighted by Gasteiger charge is -2.25. The number of fused-ring (bicyclic) bond motifs is 1. The largest absolute Gasteiger partial charge is 0.490 e. The highest BCUT2D eigenvalue weighted by Gasteiger charge is 2.73. The van der Waals surface area contributed by atoms with Gasteiger partial charge in [0.05, 0.1) is 11.6 Å². The van der Waals surface area contributed by atoms with E-state index < -0.39 is 23.3 Å². The zero-order chi connectivity index (χ0) is 19.4. The lowest BCUT2D eigenvalue weighted by atomic mass is 9.89. The van der Waals surface area contributed by atoms with Crippen LogP contribution in [0.25, 0.3) is 0 Å². The van der Waals surface area contributed by atoms with Crippen molar-refractivity contribution in [2.24, 2.45) is 0 Å². The van der Waals surface area contributed by atoms with Gasteiger partial charge in [0.2, 0.25) is 0 Å². The number of amides is 1. The number of hydrogen-bond acceptors (Lipinski definition) is 4. The summed E-state index contributed by atoms with van der Waals surface area (Å²) in [6.07, 6.45) is -0.590. The summed E-state index contributed by atoms with van der Waals surface area (Å²) in [5, 5.41) is 0. The van der Waals surface area contributed by atoms with Gasteiger partial charge in [-0.1, -0.05) is 24.3 Å². The molecular formula is C21H20FNO4. The smallest absolute Gasteiger partial charge is 0.411 e. The van der Waals surface area contributed by atoms with E-state index in [9.17, 15) is 14.0 Å². The predicted molar refractivity (Wildman–Crippen MR) is 96.2 cm³/mol. The van der Waals surface area contributed by atoms with E-state index in [1.807, 2.05) is 0 Å². The van der Waals surface area contributed by atoms with Crippen LogP contribution in [-0.4, -0.2) is 34.5 Å². The fourth-order valence-corrected chi connectivity index (χ4v) is 3.63. The maximum atomic E-state index is 13.4. The second-order valence-electron chi connectivity index (χ2n) is 7.84. The minimum absolute atomic E-state index is 0.0319. The first-order valence-corrected chi connectivity index (χ1v) is 8.78. The van der Waals surface area contributed by atoms with Gasteiger partial charge in [-0.05, 0) is 50.6 Å². The van der Waals surface area contributed by atoms with E-state index in [-0.39, 0.29) is 18.2 Å². The van der Waals surface area contributed by atoms with Crippen LogP contribution in [0.5, 0.6) is 5.75 Å². The number of benzene rings is 2. The van der Waals surface area contributed by atoms with Crippen molar-refractivity contribution in [3.63, 3.8) is 0 Å². The van der Waals surface area contributed by atoms with Gasteiger partial charge in [0.15, 0.2) is 11.3 Å². The van der Waals surface area contributed by atoms with Crippen molar-refractivity contribution < 1.29 is 23.5 Å². The summed E-state index contributed by atoms with van der Waals surface area (Å²) < 4.78 is 24.7. The maximum absolute atomic E-state index is 13.4. The number of carbonyl (C=O) groups excluding carboxylic acids is 2. The Hall–Kier alpha value is -2.89. The molecule has 2 heterocycles. The summed E-state index contributed by atoms with van der Waals surface area (Å²) in [6.45, 7) is 5.33. The summed E-state index contributed by atoms with van der Waals surface area (Å²) >= 11 is 0. The highest BCUT2D eigenvalue weighted by Crippen LogP contribution is 2.57. The van der Waals surface area contributed by atoms with Crippen molar-refractivity contribution in [2.45, 2.75) is 38.0 Å². The number of ketones is 1. The zero-order valence-electron chi connectivity index (χ0n) is 15.4. The summed E-state index contributed by atoms with van der Waals surface area (Å²) in [5.41, 5.74) is -0.778. The molecule has 0 unspecified atom stereocenters. The molecule has 0 saturated carbocycles. The molecule has 0 radical (unpaired) electrons. The normalized spacial score (nSPS) is 23.6. The molecular weight excluding hydrogens is 349 g/mol. The molecule has 2 aliphatic rings. The monoisotopic (exact) mass is 369 g/mol. The SMILES string of the molecule is CC(C)(C)OC(=O)N1[C@H](c2ccc(F)cc2)[C@]12COc1ccccc1C2=O. The van der Waals surface area contributed by atoms with Crippen molar-refractivity contribution in [1.82, 2.24) is 4.90 Å². The van der Waals surface area contributed by atoms with E-state index in [1.165, 1.54) is 17.0 Å². The third-order valence-electron chi connectivity index (χ3n) is 4.82. The van der Waals surface area contributed by atoms with Crippen LogP contribution in [0.1, 0.15) is 42.7 Å².